The Kier molecular flexibility index (Phi) is 70.4. The summed E-state index contributed by atoms with van der Waals surface area (Å²) in [6.07, 6.45) is 94.9. The number of nitrogens with one attached hydrogen (secondary N) is 1. The Balaban J connectivity index is 3.42. The molecule has 0 aliphatic carbocycles. The van der Waals surface area contributed by atoms with Gasteiger partial charge in [-0.3, -0.25) is 9.59 Å². The van der Waals surface area contributed by atoms with Crippen molar-refractivity contribution in [2.45, 2.75) is 418 Å². The number of aliphatic hydroxyl groups is 2. The van der Waals surface area contributed by atoms with Crippen LogP contribution in [0.2, 0.25) is 0 Å². The van der Waals surface area contributed by atoms with Crippen LogP contribution in [0.1, 0.15) is 406 Å². The lowest BCUT2D eigenvalue weighted by Gasteiger charge is -2.20. The maximum Gasteiger partial charge on any atom is 0.305 e. The summed E-state index contributed by atoms with van der Waals surface area (Å²) in [7, 11) is 0. The van der Waals surface area contributed by atoms with Gasteiger partial charge in [0.25, 0.3) is 0 Å². The van der Waals surface area contributed by atoms with Crippen LogP contribution in [-0.4, -0.2) is 47.4 Å². The minimum absolute atomic E-state index is 0.00872. The fourth-order valence-electron chi connectivity index (χ4n) is 11.6. The number of hydrogen-bond donors (Lipinski definition) is 3. The number of allylic oxidation sites excluding steroid dienone is 7. The number of esters is 1. The van der Waals surface area contributed by atoms with Crippen LogP contribution in [0.3, 0.4) is 0 Å². The Bertz CT molecular complexity index is 1390. The third-order valence-corrected chi connectivity index (χ3v) is 17.3. The van der Waals surface area contributed by atoms with Gasteiger partial charge in [-0.25, -0.2) is 0 Å². The molecule has 0 aromatic heterocycles. The number of hydrogen-bond acceptors (Lipinski definition) is 5. The highest BCUT2D eigenvalue weighted by atomic mass is 16.5. The van der Waals surface area contributed by atoms with E-state index in [1.54, 1.807) is 6.08 Å². The number of amides is 1. The lowest BCUT2D eigenvalue weighted by Crippen LogP contribution is -2.45. The van der Waals surface area contributed by atoms with Crippen LogP contribution in [-0.2, 0) is 14.3 Å². The predicted octanol–water partition coefficient (Wildman–Crippen LogP) is 24.4. The molecule has 2 unspecified atom stereocenters. The first-order chi connectivity index (χ1) is 41.0. The molecule has 1 amide bonds. The van der Waals surface area contributed by atoms with Gasteiger partial charge in [-0.1, -0.05) is 351 Å². The second-order valence-electron chi connectivity index (χ2n) is 25.6. The van der Waals surface area contributed by atoms with Crippen molar-refractivity contribution in [2.75, 3.05) is 13.2 Å². The van der Waals surface area contributed by atoms with Gasteiger partial charge in [-0.15, -0.1) is 0 Å². The van der Waals surface area contributed by atoms with Crippen molar-refractivity contribution in [1.29, 1.82) is 0 Å². The number of unbranched alkanes of at least 4 members (excludes halogenated alkanes) is 53. The average Bonchev–Trinajstić information content (AvgIpc) is 3.48. The largest absolute Gasteiger partial charge is 0.466 e. The van der Waals surface area contributed by atoms with Gasteiger partial charge in [0.1, 0.15) is 0 Å². The third kappa shape index (κ3) is 68.8. The molecule has 0 heterocycles. The van der Waals surface area contributed by atoms with Gasteiger partial charge < -0.3 is 20.3 Å². The first-order valence-electron chi connectivity index (χ1n) is 37.4. The van der Waals surface area contributed by atoms with Gasteiger partial charge in [0, 0.05) is 12.8 Å². The summed E-state index contributed by atoms with van der Waals surface area (Å²) in [6.45, 7) is 4.93. The van der Waals surface area contributed by atoms with Crippen LogP contribution in [0.15, 0.2) is 48.6 Å². The second-order valence-corrected chi connectivity index (χ2v) is 25.6. The Morgan fingerprint density at radius 3 is 0.928 bits per heavy atom. The highest BCUT2D eigenvalue weighted by Crippen LogP contribution is 2.18. The standard InChI is InChI=1S/C77H145NO5/c1-3-5-7-9-11-13-15-17-19-21-22-34-38-41-45-49-53-57-61-65-69-75(80)74(73-79)78-76(81)70-66-62-58-54-50-46-42-39-35-32-30-28-26-24-23-25-27-29-31-33-36-40-44-48-52-56-60-64-68-72-83-77(82)71-67-63-59-55-51-47-43-37-20-18-16-14-12-10-8-6-4-2/h18,20,23,25,29,31,65,69,74-75,79-80H,3-17,19,21-22,24,26-28,30,32-64,66-68,70-73H2,1-2H3,(H,78,81)/b20-18-,25-23-,31-29-,69-65+. The molecule has 0 rings (SSSR count). The fraction of sp³-hybridized carbons (Fsp3) is 0.870. The topological polar surface area (TPSA) is 95.9 Å². The molecule has 0 bridgehead atoms. The van der Waals surface area contributed by atoms with Crippen LogP contribution in [0.5, 0.6) is 0 Å². The molecule has 0 aromatic carbocycles. The maximum atomic E-state index is 12.5. The molecule has 3 N–H and O–H groups in total. The first-order valence-corrected chi connectivity index (χ1v) is 37.4. The zero-order valence-electron chi connectivity index (χ0n) is 55.9. The fourth-order valence-corrected chi connectivity index (χ4v) is 11.6. The number of aliphatic hydroxyl groups excluding tert-OH is 2. The normalized spacial score (nSPS) is 12.8. The molecule has 2 atom stereocenters. The van der Waals surface area contributed by atoms with Crippen LogP contribution in [0.4, 0.5) is 0 Å². The van der Waals surface area contributed by atoms with Crippen LogP contribution in [0, 0.1) is 0 Å². The third-order valence-electron chi connectivity index (χ3n) is 17.3. The molecule has 0 saturated carbocycles. The minimum atomic E-state index is -0.847. The quantitative estimate of drug-likeness (QED) is 0.0320. The van der Waals surface area contributed by atoms with Crippen molar-refractivity contribution < 1.29 is 24.5 Å². The predicted molar refractivity (Wildman–Crippen MR) is 366 cm³/mol. The van der Waals surface area contributed by atoms with E-state index in [1.165, 1.54) is 327 Å². The second kappa shape index (κ2) is 72.3. The number of ether oxygens (including phenoxy) is 1. The summed E-state index contributed by atoms with van der Waals surface area (Å²) in [4.78, 5) is 24.6. The van der Waals surface area contributed by atoms with E-state index >= 15 is 0 Å². The zero-order valence-corrected chi connectivity index (χ0v) is 55.9. The molecule has 0 aliphatic heterocycles. The summed E-state index contributed by atoms with van der Waals surface area (Å²) < 4.78 is 5.50. The molecule has 488 valence electrons. The summed E-state index contributed by atoms with van der Waals surface area (Å²) in [5.41, 5.74) is 0. The molecule has 0 saturated heterocycles. The molecule has 83 heavy (non-hydrogen) atoms. The molecule has 0 fully saturated rings. The number of carbonyl (C=O) groups excluding carboxylic acids is 2. The molecular formula is C77H145NO5. The van der Waals surface area contributed by atoms with E-state index in [0.717, 1.165) is 51.4 Å². The van der Waals surface area contributed by atoms with Gasteiger partial charge in [-0.05, 0) is 89.9 Å². The van der Waals surface area contributed by atoms with Crippen molar-refractivity contribution in [2.24, 2.45) is 0 Å². The lowest BCUT2D eigenvalue weighted by atomic mass is 10.0. The smallest absolute Gasteiger partial charge is 0.305 e. The zero-order chi connectivity index (χ0) is 59.9. The van der Waals surface area contributed by atoms with E-state index in [2.05, 4.69) is 55.6 Å². The first kappa shape index (κ1) is 80.8. The highest BCUT2D eigenvalue weighted by Gasteiger charge is 2.18. The number of carbonyl (C=O) groups is 2. The van der Waals surface area contributed by atoms with Crippen molar-refractivity contribution in [3.8, 4) is 0 Å². The molecule has 6 heteroatoms. The molecular weight excluding hydrogens is 1020 g/mol. The van der Waals surface area contributed by atoms with Crippen molar-refractivity contribution >= 4 is 11.9 Å². The van der Waals surface area contributed by atoms with Crippen molar-refractivity contribution in [1.82, 2.24) is 5.32 Å². The van der Waals surface area contributed by atoms with E-state index < -0.39 is 12.1 Å². The monoisotopic (exact) mass is 1160 g/mol. The minimum Gasteiger partial charge on any atom is -0.466 e. The number of rotatable bonds is 70. The van der Waals surface area contributed by atoms with Gasteiger partial charge in [0.2, 0.25) is 5.91 Å². The molecule has 0 aromatic rings. The summed E-state index contributed by atoms with van der Waals surface area (Å²) >= 11 is 0. The van der Waals surface area contributed by atoms with E-state index in [1.807, 2.05) is 6.08 Å². The van der Waals surface area contributed by atoms with E-state index in [9.17, 15) is 19.8 Å². The van der Waals surface area contributed by atoms with Crippen molar-refractivity contribution in [3.63, 3.8) is 0 Å². The molecule has 0 aliphatic rings. The Morgan fingerprint density at radius 2 is 0.602 bits per heavy atom. The lowest BCUT2D eigenvalue weighted by molar-refractivity contribution is -0.143. The SMILES string of the molecule is CCCCCCCC/C=C\CCCCCCCCCC(=O)OCCCCCCCCCCC/C=C\C/C=C\CCCCCCCCCCCCCCCC(=O)NC(CO)C(O)/C=C/CCCCCCCCCCCCCCCCCCCC. The van der Waals surface area contributed by atoms with E-state index in [0.29, 0.717) is 19.4 Å². The van der Waals surface area contributed by atoms with Gasteiger partial charge in [0.15, 0.2) is 0 Å². The molecule has 6 nitrogen and oxygen atoms in total. The summed E-state index contributed by atoms with van der Waals surface area (Å²) in [6, 6.07) is -0.630. The van der Waals surface area contributed by atoms with E-state index in [-0.39, 0.29) is 18.5 Å². The van der Waals surface area contributed by atoms with Crippen molar-refractivity contribution in [3.05, 3.63) is 48.6 Å². The Labute approximate surface area is 518 Å². The van der Waals surface area contributed by atoms with E-state index in [4.69, 9.17) is 4.74 Å². The Hall–Kier alpha value is -2.18. The van der Waals surface area contributed by atoms with Gasteiger partial charge >= 0.3 is 5.97 Å². The summed E-state index contributed by atoms with van der Waals surface area (Å²) in [5, 5.41) is 23.3. The molecule has 0 spiro atoms. The van der Waals surface area contributed by atoms with Crippen LogP contribution < -0.4 is 5.32 Å². The van der Waals surface area contributed by atoms with Crippen LogP contribution >= 0.6 is 0 Å². The Morgan fingerprint density at radius 1 is 0.337 bits per heavy atom. The van der Waals surface area contributed by atoms with Crippen LogP contribution in [0.25, 0.3) is 0 Å². The maximum absolute atomic E-state index is 12.5. The van der Waals surface area contributed by atoms with Gasteiger partial charge in [0.05, 0.1) is 25.4 Å². The molecule has 0 radical (unpaired) electrons. The highest BCUT2D eigenvalue weighted by molar-refractivity contribution is 5.76. The average molecular weight is 1170 g/mol. The summed E-state index contributed by atoms with van der Waals surface area (Å²) in [5.74, 6) is -0.0570. The van der Waals surface area contributed by atoms with Gasteiger partial charge in [-0.2, -0.15) is 0 Å².